The van der Waals surface area contributed by atoms with Crippen molar-refractivity contribution in [2.75, 3.05) is 13.2 Å². The Hall–Kier alpha value is -0.720. The highest BCUT2D eigenvalue weighted by molar-refractivity contribution is 7.46. The number of phosphoric ester groups is 1. The second-order valence-corrected chi connectivity index (χ2v) is 9.55. The van der Waals surface area contributed by atoms with Crippen molar-refractivity contribution in [1.82, 2.24) is 0 Å². The standard InChI is InChI=1S/C23H43O7P/c1-2-3-4-5-6-7-8-9-10-11-12-13-14-15-16-17-23(24)29-22-20-28-19-18-21(22)30-31(25,26)27/h9-10,21-22H,2-8,11-20H2,1H3,(H2,25,26,27)/b10-9-/t21-,22+/m0/s1. The van der Waals surface area contributed by atoms with Crippen molar-refractivity contribution in [3.63, 3.8) is 0 Å². The van der Waals surface area contributed by atoms with Gasteiger partial charge in [0.15, 0.2) is 6.10 Å². The van der Waals surface area contributed by atoms with E-state index in [-0.39, 0.29) is 19.0 Å². The second-order valence-electron chi connectivity index (χ2n) is 8.36. The summed E-state index contributed by atoms with van der Waals surface area (Å²) < 4.78 is 26.3. The van der Waals surface area contributed by atoms with Gasteiger partial charge in [-0.1, -0.05) is 70.4 Å². The van der Waals surface area contributed by atoms with E-state index < -0.39 is 20.0 Å². The number of carbonyl (C=O) groups is 1. The summed E-state index contributed by atoms with van der Waals surface area (Å²) in [7, 11) is -4.62. The molecule has 1 aliphatic rings. The first-order valence-electron chi connectivity index (χ1n) is 12.1. The van der Waals surface area contributed by atoms with E-state index >= 15 is 0 Å². The average molecular weight is 463 g/mol. The summed E-state index contributed by atoms with van der Waals surface area (Å²) in [5.74, 6) is -0.368. The maximum absolute atomic E-state index is 12.0. The second kappa shape index (κ2) is 17.8. The zero-order valence-electron chi connectivity index (χ0n) is 19.2. The van der Waals surface area contributed by atoms with Gasteiger partial charge in [0, 0.05) is 19.4 Å². The van der Waals surface area contributed by atoms with Crippen molar-refractivity contribution >= 4 is 13.8 Å². The highest BCUT2D eigenvalue weighted by Crippen LogP contribution is 2.40. The van der Waals surface area contributed by atoms with Crippen molar-refractivity contribution in [2.24, 2.45) is 0 Å². The summed E-state index contributed by atoms with van der Waals surface area (Å²) in [6.07, 6.45) is 19.1. The maximum Gasteiger partial charge on any atom is 0.469 e. The van der Waals surface area contributed by atoms with Crippen LogP contribution in [0.25, 0.3) is 0 Å². The number of ether oxygens (including phenoxy) is 2. The van der Waals surface area contributed by atoms with Crippen molar-refractivity contribution in [2.45, 2.75) is 115 Å². The van der Waals surface area contributed by atoms with Crippen molar-refractivity contribution in [1.29, 1.82) is 0 Å². The van der Waals surface area contributed by atoms with Crippen LogP contribution in [0.1, 0.15) is 103 Å². The Bertz CT molecular complexity index is 532. The lowest BCUT2D eigenvalue weighted by Gasteiger charge is -2.30. The van der Waals surface area contributed by atoms with E-state index in [1.165, 1.54) is 51.4 Å². The van der Waals surface area contributed by atoms with Crippen LogP contribution >= 0.6 is 7.82 Å². The first-order chi connectivity index (χ1) is 14.9. The molecule has 8 heteroatoms. The molecule has 0 amide bonds. The molecule has 0 radical (unpaired) electrons. The SMILES string of the molecule is CCCCCCCC/C=C\CCCCCCCC(=O)O[C@@H]1COCC[C@@H]1OP(=O)(O)O. The quantitative estimate of drug-likeness (QED) is 0.114. The van der Waals surface area contributed by atoms with Crippen LogP contribution in [0.2, 0.25) is 0 Å². The number of allylic oxidation sites excluding steroid dienone is 2. The number of hydrogen-bond donors (Lipinski definition) is 2. The lowest BCUT2D eigenvalue weighted by molar-refractivity contribution is -0.166. The Labute approximate surface area is 188 Å². The molecular formula is C23H43O7P. The van der Waals surface area contributed by atoms with Crippen LogP contribution in [0.4, 0.5) is 0 Å². The molecule has 0 bridgehead atoms. The van der Waals surface area contributed by atoms with Gasteiger partial charge in [-0.2, -0.15) is 0 Å². The maximum atomic E-state index is 12.0. The van der Waals surface area contributed by atoms with E-state index in [0.717, 1.165) is 32.1 Å². The number of unbranched alkanes of at least 4 members (excludes halogenated alkanes) is 11. The summed E-state index contributed by atoms with van der Waals surface area (Å²) in [6.45, 7) is 2.67. The molecule has 0 aromatic heterocycles. The van der Waals surface area contributed by atoms with E-state index in [9.17, 15) is 9.36 Å². The first kappa shape index (κ1) is 28.3. The summed E-state index contributed by atoms with van der Waals surface area (Å²) in [4.78, 5) is 30.0. The summed E-state index contributed by atoms with van der Waals surface area (Å²) in [5.41, 5.74) is 0. The van der Waals surface area contributed by atoms with Crippen LogP contribution < -0.4 is 0 Å². The Balaban J connectivity index is 1.98. The molecule has 0 saturated carbocycles. The van der Waals surface area contributed by atoms with Crippen molar-refractivity contribution in [3.8, 4) is 0 Å². The number of hydrogen-bond acceptors (Lipinski definition) is 5. The van der Waals surface area contributed by atoms with Gasteiger partial charge in [-0.3, -0.25) is 9.32 Å². The molecule has 1 heterocycles. The molecule has 2 atom stereocenters. The molecule has 1 saturated heterocycles. The zero-order valence-corrected chi connectivity index (χ0v) is 20.1. The van der Waals surface area contributed by atoms with Gasteiger partial charge >= 0.3 is 13.8 Å². The van der Waals surface area contributed by atoms with Gasteiger partial charge in [-0.15, -0.1) is 0 Å². The molecule has 0 spiro atoms. The third-order valence-electron chi connectivity index (χ3n) is 5.44. The minimum absolute atomic E-state index is 0.1000. The largest absolute Gasteiger partial charge is 0.469 e. The van der Waals surface area contributed by atoms with Crippen LogP contribution in [0.15, 0.2) is 12.2 Å². The summed E-state index contributed by atoms with van der Waals surface area (Å²) >= 11 is 0. The molecule has 0 aliphatic carbocycles. The highest BCUT2D eigenvalue weighted by Gasteiger charge is 2.34. The summed E-state index contributed by atoms with van der Waals surface area (Å²) in [6, 6.07) is 0. The molecular weight excluding hydrogens is 419 g/mol. The number of esters is 1. The molecule has 7 nitrogen and oxygen atoms in total. The highest BCUT2D eigenvalue weighted by atomic mass is 31.2. The lowest BCUT2D eigenvalue weighted by Crippen LogP contribution is -2.41. The fourth-order valence-electron chi connectivity index (χ4n) is 3.67. The molecule has 0 aromatic rings. The summed E-state index contributed by atoms with van der Waals surface area (Å²) in [5, 5.41) is 0. The number of carbonyl (C=O) groups excluding carboxylic acids is 1. The molecule has 0 aromatic carbocycles. The fourth-order valence-corrected chi connectivity index (χ4v) is 4.26. The van der Waals surface area contributed by atoms with Gasteiger partial charge in [-0.25, -0.2) is 4.57 Å². The van der Waals surface area contributed by atoms with Crippen LogP contribution in [0.3, 0.4) is 0 Å². The van der Waals surface area contributed by atoms with Gasteiger partial charge in [0.25, 0.3) is 0 Å². The zero-order chi connectivity index (χ0) is 22.8. The van der Waals surface area contributed by atoms with Crippen molar-refractivity contribution in [3.05, 3.63) is 12.2 Å². The van der Waals surface area contributed by atoms with Gasteiger partial charge in [0.2, 0.25) is 0 Å². The van der Waals surface area contributed by atoms with Gasteiger partial charge in [-0.05, 0) is 32.1 Å². The first-order valence-corrected chi connectivity index (χ1v) is 13.6. The molecule has 2 N–H and O–H groups in total. The van der Waals surface area contributed by atoms with Crippen LogP contribution in [-0.2, 0) is 23.4 Å². The van der Waals surface area contributed by atoms with Gasteiger partial charge in [0.1, 0.15) is 6.10 Å². The van der Waals surface area contributed by atoms with Crippen LogP contribution in [0, 0.1) is 0 Å². The Kier molecular flexibility index (Phi) is 16.2. The Morgan fingerprint density at radius 1 is 0.935 bits per heavy atom. The topological polar surface area (TPSA) is 102 Å². The smallest absolute Gasteiger partial charge is 0.457 e. The van der Waals surface area contributed by atoms with E-state index in [2.05, 4.69) is 19.1 Å². The van der Waals surface area contributed by atoms with E-state index in [1.807, 2.05) is 0 Å². The monoisotopic (exact) mass is 462 g/mol. The van der Waals surface area contributed by atoms with E-state index in [0.29, 0.717) is 13.0 Å². The predicted molar refractivity (Wildman–Crippen MR) is 122 cm³/mol. The van der Waals surface area contributed by atoms with E-state index in [4.69, 9.17) is 23.8 Å². The fraction of sp³-hybridized carbons (Fsp3) is 0.870. The van der Waals surface area contributed by atoms with Crippen LogP contribution in [-0.4, -0.2) is 41.2 Å². The average Bonchev–Trinajstić information content (AvgIpc) is 2.71. The lowest BCUT2D eigenvalue weighted by atomic mass is 10.1. The predicted octanol–water partition coefficient (Wildman–Crippen LogP) is 5.83. The number of phosphoric acid groups is 1. The molecule has 1 fully saturated rings. The minimum atomic E-state index is -4.62. The number of rotatable bonds is 18. The molecule has 1 rings (SSSR count). The third kappa shape index (κ3) is 16.6. The van der Waals surface area contributed by atoms with Crippen molar-refractivity contribution < 1.29 is 33.1 Å². The Morgan fingerprint density at radius 2 is 1.52 bits per heavy atom. The molecule has 0 unspecified atom stereocenters. The van der Waals surface area contributed by atoms with E-state index in [1.54, 1.807) is 0 Å². The van der Waals surface area contributed by atoms with Gasteiger partial charge < -0.3 is 19.3 Å². The third-order valence-corrected chi connectivity index (χ3v) is 5.99. The normalized spacial score (nSPS) is 19.7. The molecule has 31 heavy (non-hydrogen) atoms. The minimum Gasteiger partial charge on any atom is -0.457 e. The Morgan fingerprint density at radius 3 is 2.13 bits per heavy atom. The molecule has 1 aliphatic heterocycles. The molecule has 182 valence electrons. The van der Waals surface area contributed by atoms with Crippen LogP contribution in [0.5, 0.6) is 0 Å². The van der Waals surface area contributed by atoms with Gasteiger partial charge in [0.05, 0.1) is 6.61 Å².